The number of rotatable bonds is 6. The fourth-order valence-electron chi connectivity index (χ4n) is 4.18. The number of hydrogen-bond donors (Lipinski definition) is 1. The van der Waals surface area contributed by atoms with Gasteiger partial charge in [-0.2, -0.15) is 0 Å². The minimum Gasteiger partial charge on any atom is -0.336 e. The molecule has 0 aromatic rings. The number of carbonyl (C=O) groups is 3. The van der Waals surface area contributed by atoms with E-state index < -0.39 is 11.6 Å². The minimum absolute atomic E-state index is 0.0887. The third kappa shape index (κ3) is 3.53. The van der Waals surface area contributed by atoms with Gasteiger partial charge in [-0.25, -0.2) is 4.79 Å². The number of nitrogens with one attached hydrogen (secondary N) is 1. The molecule has 0 bridgehead atoms. The Morgan fingerprint density at radius 3 is 2.36 bits per heavy atom. The maximum Gasteiger partial charge on any atom is 0.325 e. The number of urea groups is 1. The zero-order valence-electron chi connectivity index (χ0n) is 16.3. The van der Waals surface area contributed by atoms with Crippen LogP contribution in [0, 0.1) is 5.92 Å². The Morgan fingerprint density at radius 2 is 1.84 bits per heavy atom. The summed E-state index contributed by atoms with van der Waals surface area (Å²) in [6, 6.07) is -0.239. The third-order valence-corrected chi connectivity index (χ3v) is 6.21. The molecule has 1 spiro atoms. The molecule has 1 aliphatic heterocycles. The van der Waals surface area contributed by atoms with Crippen LogP contribution in [-0.4, -0.2) is 51.8 Å². The van der Waals surface area contributed by atoms with Crippen LogP contribution in [0.15, 0.2) is 0 Å². The van der Waals surface area contributed by atoms with Gasteiger partial charge in [0.05, 0.1) is 0 Å². The van der Waals surface area contributed by atoms with Gasteiger partial charge < -0.3 is 10.2 Å². The molecule has 2 aliphatic rings. The summed E-state index contributed by atoms with van der Waals surface area (Å²) in [7, 11) is 0. The summed E-state index contributed by atoms with van der Waals surface area (Å²) in [4.78, 5) is 41.3. The molecule has 1 N–H and O–H groups in total. The fourth-order valence-corrected chi connectivity index (χ4v) is 4.18. The van der Waals surface area contributed by atoms with Gasteiger partial charge in [-0.3, -0.25) is 14.5 Å². The van der Waals surface area contributed by atoms with Crippen molar-refractivity contribution >= 4 is 17.8 Å². The molecule has 2 rings (SSSR count). The summed E-state index contributed by atoms with van der Waals surface area (Å²) in [5, 5.41) is 2.92. The van der Waals surface area contributed by atoms with Gasteiger partial charge in [0.15, 0.2) is 0 Å². The zero-order valence-corrected chi connectivity index (χ0v) is 16.3. The first-order chi connectivity index (χ1) is 11.8. The number of hydrogen-bond acceptors (Lipinski definition) is 3. The van der Waals surface area contributed by atoms with Crippen molar-refractivity contribution in [3.63, 3.8) is 0 Å². The van der Waals surface area contributed by atoms with Crippen molar-refractivity contribution in [1.29, 1.82) is 0 Å². The normalized spacial score (nSPS) is 28.8. The molecular formula is C19H33N3O3. The molecule has 142 valence electrons. The van der Waals surface area contributed by atoms with E-state index in [1.165, 1.54) is 0 Å². The monoisotopic (exact) mass is 351 g/mol. The molecule has 4 amide bonds. The molecule has 2 fully saturated rings. The number of amides is 4. The summed E-state index contributed by atoms with van der Waals surface area (Å²) in [5.74, 6) is -0.253. The molecule has 0 radical (unpaired) electrons. The lowest BCUT2D eigenvalue weighted by atomic mass is 9.73. The maximum absolute atomic E-state index is 13.0. The van der Waals surface area contributed by atoms with Crippen LogP contribution < -0.4 is 5.32 Å². The van der Waals surface area contributed by atoms with Gasteiger partial charge in [0.2, 0.25) is 5.91 Å². The highest BCUT2D eigenvalue weighted by Crippen LogP contribution is 2.38. The number of imide groups is 1. The van der Waals surface area contributed by atoms with E-state index in [2.05, 4.69) is 5.32 Å². The van der Waals surface area contributed by atoms with Gasteiger partial charge in [0.25, 0.3) is 5.91 Å². The Morgan fingerprint density at radius 1 is 1.24 bits per heavy atom. The molecule has 1 saturated carbocycles. The van der Waals surface area contributed by atoms with E-state index in [1.807, 2.05) is 39.5 Å². The molecule has 4 atom stereocenters. The van der Waals surface area contributed by atoms with Crippen LogP contribution >= 0.6 is 0 Å². The molecule has 6 heteroatoms. The van der Waals surface area contributed by atoms with Crippen LogP contribution in [0.1, 0.15) is 73.1 Å². The highest BCUT2D eigenvalue weighted by molar-refractivity contribution is 6.09. The summed E-state index contributed by atoms with van der Waals surface area (Å²) in [6.45, 7) is 9.97. The number of carbonyl (C=O) groups excluding carboxylic acids is 3. The van der Waals surface area contributed by atoms with Crippen LogP contribution in [0.5, 0.6) is 0 Å². The average Bonchev–Trinajstić information content (AvgIpc) is 2.82. The Balaban J connectivity index is 2.17. The molecule has 0 aromatic carbocycles. The Bertz CT molecular complexity index is 526. The van der Waals surface area contributed by atoms with E-state index in [4.69, 9.17) is 0 Å². The first-order valence-corrected chi connectivity index (χ1v) is 9.73. The van der Waals surface area contributed by atoms with Crippen molar-refractivity contribution in [3.05, 3.63) is 0 Å². The van der Waals surface area contributed by atoms with Gasteiger partial charge in [0.1, 0.15) is 12.1 Å². The van der Waals surface area contributed by atoms with E-state index in [0.717, 1.165) is 37.0 Å². The van der Waals surface area contributed by atoms with Crippen LogP contribution in [0.3, 0.4) is 0 Å². The fraction of sp³-hybridized carbons (Fsp3) is 0.842. The molecule has 1 aliphatic carbocycles. The van der Waals surface area contributed by atoms with E-state index in [1.54, 1.807) is 0 Å². The molecular weight excluding hydrogens is 318 g/mol. The second-order valence-corrected chi connectivity index (χ2v) is 7.76. The van der Waals surface area contributed by atoms with E-state index in [9.17, 15) is 14.4 Å². The van der Waals surface area contributed by atoms with E-state index >= 15 is 0 Å². The smallest absolute Gasteiger partial charge is 0.325 e. The Labute approximate surface area is 151 Å². The zero-order chi connectivity index (χ0) is 18.8. The standard InChI is InChI=1S/C19H33N3O3/c1-6-14(4)22(15(5)7-2)16(23)12-21-17(24)19(20-18(21)25)11-9-8-10-13(19)3/h13-15H,6-12H2,1-5H3,(H,20,25)/t13-,14+,15+,19-/m0/s1. The van der Waals surface area contributed by atoms with Crippen LogP contribution in [0.25, 0.3) is 0 Å². The topological polar surface area (TPSA) is 69.7 Å². The van der Waals surface area contributed by atoms with Gasteiger partial charge in [-0.15, -0.1) is 0 Å². The van der Waals surface area contributed by atoms with Crippen LogP contribution in [0.4, 0.5) is 4.79 Å². The molecule has 6 nitrogen and oxygen atoms in total. The summed E-state index contributed by atoms with van der Waals surface area (Å²) >= 11 is 0. The molecule has 1 saturated heterocycles. The summed E-state index contributed by atoms with van der Waals surface area (Å²) in [5.41, 5.74) is -0.798. The first-order valence-electron chi connectivity index (χ1n) is 9.73. The Kier molecular flexibility index (Phi) is 6.12. The van der Waals surface area contributed by atoms with Gasteiger partial charge >= 0.3 is 6.03 Å². The lowest BCUT2D eigenvalue weighted by molar-refractivity contribution is -0.143. The average molecular weight is 351 g/mol. The van der Waals surface area contributed by atoms with Crippen LogP contribution in [0.2, 0.25) is 0 Å². The molecule has 0 aromatic heterocycles. The SMILES string of the molecule is CC[C@@H](C)N(C(=O)CN1C(=O)N[C@]2(CCCC[C@@H]2C)C1=O)[C@H](C)CC. The lowest BCUT2D eigenvalue weighted by Gasteiger charge is -2.37. The molecule has 1 heterocycles. The largest absolute Gasteiger partial charge is 0.336 e. The molecule has 0 unspecified atom stereocenters. The van der Waals surface area contributed by atoms with E-state index in [-0.39, 0.29) is 36.4 Å². The van der Waals surface area contributed by atoms with Crippen molar-refractivity contribution in [2.45, 2.75) is 90.8 Å². The highest BCUT2D eigenvalue weighted by Gasteiger charge is 2.55. The second kappa shape index (κ2) is 7.75. The maximum atomic E-state index is 13.0. The van der Waals surface area contributed by atoms with E-state index in [0.29, 0.717) is 6.42 Å². The van der Waals surface area contributed by atoms with Gasteiger partial charge in [-0.1, -0.05) is 33.6 Å². The first kappa shape index (κ1) is 19.7. The van der Waals surface area contributed by atoms with Crippen molar-refractivity contribution < 1.29 is 14.4 Å². The van der Waals surface area contributed by atoms with Gasteiger partial charge in [-0.05, 0) is 45.4 Å². The lowest BCUT2D eigenvalue weighted by Crippen LogP contribution is -2.54. The molecule has 25 heavy (non-hydrogen) atoms. The predicted octanol–water partition coefficient (Wildman–Crippen LogP) is 2.91. The van der Waals surface area contributed by atoms with Crippen molar-refractivity contribution in [2.75, 3.05) is 6.54 Å². The van der Waals surface area contributed by atoms with Crippen LogP contribution in [-0.2, 0) is 9.59 Å². The quantitative estimate of drug-likeness (QED) is 0.748. The second-order valence-electron chi connectivity index (χ2n) is 7.76. The van der Waals surface area contributed by atoms with Crippen molar-refractivity contribution in [1.82, 2.24) is 15.1 Å². The summed E-state index contributed by atoms with van der Waals surface area (Å²) < 4.78 is 0. The predicted molar refractivity (Wildman–Crippen MR) is 97.0 cm³/mol. The minimum atomic E-state index is -0.798. The third-order valence-electron chi connectivity index (χ3n) is 6.21. The van der Waals surface area contributed by atoms with Crippen molar-refractivity contribution in [2.24, 2.45) is 5.92 Å². The van der Waals surface area contributed by atoms with Gasteiger partial charge in [0, 0.05) is 12.1 Å². The summed E-state index contributed by atoms with van der Waals surface area (Å²) in [6.07, 6.45) is 5.31. The van der Waals surface area contributed by atoms with Crippen molar-refractivity contribution in [3.8, 4) is 0 Å². The highest BCUT2D eigenvalue weighted by atomic mass is 16.2. The Hall–Kier alpha value is -1.59. The number of nitrogens with zero attached hydrogens (tertiary/aromatic N) is 2.